The second-order valence-corrected chi connectivity index (χ2v) is 3.29. The van der Waals surface area contributed by atoms with Gasteiger partial charge in [-0.1, -0.05) is 11.6 Å². The van der Waals surface area contributed by atoms with Crippen molar-refractivity contribution in [2.45, 2.75) is 6.92 Å². The molecule has 0 aliphatic rings. The normalized spacial score (nSPS) is 10.4. The first kappa shape index (κ1) is 9.02. The monoisotopic (exact) mass is 208 g/mol. The fraction of sp³-hybridized carbons (Fsp3) is 0.111. The molecule has 14 heavy (non-hydrogen) atoms. The van der Waals surface area contributed by atoms with Crippen molar-refractivity contribution < 1.29 is 0 Å². The predicted octanol–water partition coefficient (Wildman–Crippen LogP) is 1.81. The van der Waals surface area contributed by atoms with Crippen molar-refractivity contribution in [3.63, 3.8) is 0 Å². The molecule has 2 rings (SSSR count). The molecule has 2 aromatic heterocycles. The number of nitrogen functional groups attached to an aromatic ring is 1. The molecule has 0 aliphatic heterocycles. The number of nitrogens with two attached hydrogens (primary N) is 1. The fourth-order valence-corrected chi connectivity index (χ4v) is 1.38. The zero-order valence-electron chi connectivity index (χ0n) is 7.61. The van der Waals surface area contributed by atoms with Crippen LogP contribution in [0.4, 0.5) is 5.82 Å². The number of anilines is 1. The molecular formula is C9H9ClN4. The van der Waals surface area contributed by atoms with E-state index in [1.54, 1.807) is 29.2 Å². The van der Waals surface area contributed by atoms with E-state index >= 15 is 0 Å². The minimum atomic E-state index is 0.468. The Morgan fingerprint density at radius 1 is 1.43 bits per heavy atom. The average Bonchev–Trinajstić information content (AvgIpc) is 2.57. The lowest BCUT2D eigenvalue weighted by Crippen LogP contribution is -1.99. The largest absolute Gasteiger partial charge is 0.382 e. The van der Waals surface area contributed by atoms with Crippen LogP contribution in [0.15, 0.2) is 24.5 Å². The predicted molar refractivity (Wildman–Crippen MR) is 55.5 cm³/mol. The summed E-state index contributed by atoms with van der Waals surface area (Å²) in [6.45, 7) is 1.85. The van der Waals surface area contributed by atoms with E-state index in [1.165, 1.54) is 0 Å². The molecule has 0 saturated heterocycles. The van der Waals surface area contributed by atoms with Crippen LogP contribution in [-0.4, -0.2) is 14.8 Å². The van der Waals surface area contributed by atoms with Gasteiger partial charge in [-0.25, -0.2) is 4.68 Å². The Morgan fingerprint density at radius 3 is 2.86 bits per heavy atom. The van der Waals surface area contributed by atoms with Crippen LogP contribution >= 0.6 is 11.6 Å². The lowest BCUT2D eigenvalue weighted by molar-refractivity contribution is 0.880. The standard InChI is InChI=1S/C9H9ClN4/c1-6-9(10)7(2-4-12-6)14-5-3-8(11)13-14/h2-5H,1H3,(H2,11,13). The van der Waals surface area contributed by atoms with Crippen LogP contribution in [-0.2, 0) is 0 Å². The zero-order valence-corrected chi connectivity index (χ0v) is 8.36. The van der Waals surface area contributed by atoms with Crippen LogP contribution in [0.25, 0.3) is 5.69 Å². The number of nitrogens with zero attached hydrogens (tertiary/aromatic N) is 3. The Bertz CT molecular complexity index is 464. The van der Waals surface area contributed by atoms with E-state index in [0.29, 0.717) is 10.8 Å². The first-order valence-corrected chi connectivity index (χ1v) is 4.49. The molecule has 0 atom stereocenters. The molecule has 0 spiro atoms. The average molecular weight is 209 g/mol. The summed E-state index contributed by atoms with van der Waals surface area (Å²) in [6, 6.07) is 3.51. The summed E-state index contributed by atoms with van der Waals surface area (Å²) in [5, 5.41) is 4.66. The highest BCUT2D eigenvalue weighted by Crippen LogP contribution is 2.21. The van der Waals surface area contributed by atoms with Crippen molar-refractivity contribution in [1.82, 2.24) is 14.8 Å². The first-order valence-electron chi connectivity index (χ1n) is 4.11. The molecule has 2 heterocycles. The van der Waals surface area contributed by atoms with Crippen LogP contribution in [0, 0.1) is 6.92 Å². The summed E-state index contributed by atoms with van der Waals surface area (Å²) >= 11 is 6.07. The van der Waals surface area contributed by atoms with Gasteiger partial charge < -0.3 is 5.73 Å². The summed E-state index contributed by atoms with van der Waals surface area (Å²) in [5.74, 6) is 0.468. The van der Waals surface area contributed by atoms with Crippen LogP contribution in [0.3, 0.4) is 0 Å². The Labute approximate surface area is 86.3 Å². The number of aryl methyl sites for hydroxylation is 1. The molecule has 0 aromatic carbocycles. The minimum absolute atomic E-state index is 0.468. The third-order valence-corrected chi connectivity index (χ3v) is 2.37. The van der Waals surface area contributed by atoms with E-state index in [0.717, 1.165) is 11.4 Å². The van der Waals surface area contributed by atoms with Gasteiger partial charge in [0.25, 0.3) is 0 Å². The smallest absolute Gasteiger partial charge is 0.145 e. The molecule has 2 aromatic rings. The van der Waals surface area contributed by atoms with Crippen LogP contribution in [0.2, 0.25) is 5.02 Å². The maximum absolute atomic E-state index is 6.07. The summed E-state index contributed by atoms with van der Waals surface area (Å²) in [7, 11) is 0. The van der Waals surface area contributed by atoms with Crippen molar-refractivity contribution in [1.29, 1.82) is 0 Å². The molecular weight excluding hydrogens is 200 g/mol. The molecule has 0 radical (unpaired) electrons. The minimum Gasteiger partial charge on any atom is -0.382 e. The molecule has 0 fully saturated rings. The van der Waals surface area contributed by atoms with Gasteiger partial charge in [0.15, 0.2) is 0 Å². The van der Waals surface area contributed by atoms with Crippen molar-refractivity contribution in [3.8, 4) is 5.69 Å². The summed E-state index contributed by atoms with van der Waals surface area (Å²) in [6.07, 6.45) is 3.45. The SMILES string of the molecule is Cc1nccc(-n2ccc(N)n2)c1Cl. The van der Waals surface area contributed by atoms with Crippen LogP contribution in [0.5, 0.6) is 0 Å². The Balaban J connectivity index is 2.57. The summed E-state index contributed by atoms with van der Waals surface area (Å²) in [5.41, 5.74) is 7.08. The number of aromatic nitrogens is 3. The highest BCUT2D eigenvalue weighted by molar-refractivity contribution is 6.32. The Kier molecular flexibility index (Phi) is 2.13. The molecule has 0 aliphatic carbocycles. The van der Waals surface area contributed by atoms with Gasteiger partial charge in [-0.05, 0) is 13.0 Å². The van der Waals surface area contributed by atoms with Crippen molar-refractivity contribution in [2.75, 3.05) is 5.73 Å². The Hall–Kier alpha value is -1.55. The van der Waals surface area contributed by atoms with Crippen molar-refractivity contribution >= 4 is 17.4 Å². The lowest BCUT2D eigenvalue weighted by atomic mass is 10.3. The molecule has 0 saturated carbocycles. The first-order chi connectivity index (χ1) is 6.68. The van der Waals surface area contributed by atoms with Gasteiger partial charge in [0.1, 0.15) is 5.82 Å². The molecule has 5 heteroatoms. The highest BCUT2D eigenvalue weighted by Gasteiger charge is 2.06. The summed E-state index contributed by atoms with van der Waals surface area (Å²) in [4.78, 5) is 4.07. The van der Waals surface area contributed by atoms with E-state index in [2.05, 4.69) is 10.1 Å². The van der Waals surface area contributed by atoms with Gasteiger partial charge in [0.05, 0.1) is 16.4 Å². The van der Waals surface area contributed by atoms with E-state index in [-0.39, 0.29) is 0 Å². The van der Waals surface area contributed by atoms with Gasteiger partial charge in [-0.2, -0.15) is 5.10 Å². The maximum atomic E-state index is 6.07. The second-order valence-electron chi connectivity index (χ2n) is 2.91. The fourth-order valence-electron chi connectivity index (χ4n) is 1.18. The van der Waals surface area contributed by atoms with E-state index in [1.807, 2.05) is 6.92 Å². The highest BCUT2D eigenvalue weighted by atomic mass is 35.5. The third-order valence-electron chi connectivity index (χ3n) is 1.90. The van der Waals surface area contributed by atoms with Gasteiger partial charge in [0, 0.05) is 18.5 Å². The molecule has 0 bridgehead atoms. The van der Waals surface area contributed by atoms with Gasteiger partial charge in [-0.3, -0.25) is 4.98 Å². The number of rotatable bonds is 1. The third kappa shape index (κ3) is 1.44. The second kappa shape index (κ2) is 3.31. The quantitative estimate of drug-likeness (QED) is 0.778. The van der Waals surface area contributed by atoms with E-state index in [9.17, 15) is 0 Å². The van der Waals surface area contributed by atoms with Crippen LogP contribution in [0.1, 0.15) is 5.69 Å². The zero-order chi connectivity index (χ0) is 10.1. The number of halogens is 1. The maximum Gasteiger partial charge on any atom is 0.145 e. The van der Waals surface area contributed by atoms with Crippen molar-refractivity contribution in [3.05, 3.63) is 35.2 Å². The Morgan fingerprint density at radius 2 is 2.21 bits per heavy atom. The number of hydrogen-bond donors (Lipinski definition) is 1. The molecule has 0 amide bonds. The topological polar surface area (TPSA) is 56.7 Å². The molecule has 4 nitrogen and oxygen atoms in total. The van der Waals surface area contributed by atoms with Gasteiger partial charge >= 0.3 is 0 Å². The lowest BCUT2D eigenvalue weighted by Gasteiger charge is -2.04. The number of pyridine rings is 1. The summed E-state index contributed by atoms with van der Waals surface area (Å²) < 4.78 is 1.63. The molecule has 2 N–H and O–H groups in total. The number of hydrogen-bond acceptors (Lipinski definition) is 3. The van der Waals surface area contributed by atoms with Crippen LogP contribution < -0.4 is 5.73 Å². The van der Waals surface area contributed by atoms with Crippen molar-refractivity contribution in [2.24, 2.45) is 0 Å². The van der Waals surface area contributed by atoms with Gasteiger partial charge in [0.2, 0.25) is 0 Å². The van der Waals surface area contributed by atoms with E-state index in [4.69, 9.17) is 17.3 Å². The molecule has 0 unspecified atom stereocenters. The van der Waals surface area contributed by atoms with E-state index < -0.39 is 0 Å². The molecule has 72 valence electrons. The van der Waals surface area contributed by atoms with Gasteiger partial charge in [-0.15, -0.1) is 0 Å².